The molecule has 16 heavy (non-hydrogen) atoms. The summed E-state index contributed by atoms with van der Waals surface area (Å²) in [4.78, 5) is 15.8. The summed E-state index contributed by atoms with van der Waals surface area (Å²) >= 11 is 0. The Bertz CT molecular complexity index is 340. The van der Waals surface area contributed by atoms with Gasteiger partial charge >= 0.3 is 0 Å². The first-order valence-corrected chi connectivity index (χ1v) is 5.65. The summed E-state index contributed by atoms with van der Waals surface area (Å²) < 4.78 is 5.29. The average molecular weight is 222 g/mol. The molecule has 0 saturated heterocycles. The smallest absolute Gasteiger partial charge is 0.256 e. The molecule has 0 radical (unpaired) electrons. The maximum absolute atomic E-state index is 11.8. The summed E-state index contributed by atoms with van der Waals surface area (Å²) in [6, 6.07) is 3.45. The summed E-state index contributed by atoms with van der Waals surface area (Å²) in [5.41, 5.74) is 0.500. The lowest BCUT2D eigenvalue weighted by atomic mass is 10.2. The fourth-order valence-corrected chi connectivity index (χ4v) is 1.29. The topological polar surface area (TPSA) is 51.2 Å². The number of hydrogen-bond acceptors (Lipinski definition) is 3. The lowest BCUT2D eigenvalue weighted by molar-refractivity contribution is 0.0948. The van der Waals surface area contributed by atoms with Crippen molar-refractivity contribution in [1.29, 1.82) is 0 Å². The molecular weight excluding hydrogens is 204 g/mol. The molecule has 0 unspecified atom stereocenters. The first-order chi connectivity index (χ1) is 7.79. The molecule has 0 aromatic carbocycles. The minimum atomic E-state index is -0.120. The van der Waals surface area contributed by atoms with Gasteiger partial charge in [0.2, 0.25) is 5.88 Å². The number of ether oxygens (including phenoxy) is 1. The van der Waals surface area contributed by atoms with E-state index in [0.717, 1.165) is 12.8 Å². The zero-order valence-electron chi connectivity index (χ0n) is 9.82. The third-order valence-electron chi connectivity index (χ3n) is 2.11. The summed E-state index contributed by atoms with van der Waals surface area (Å²) in [5.74, 6) is 0.281. The van der Waals surface area contributed by atoms with Crippen LogP contribution in [0.2, 0.25) is 0 Å². The number of aromatic nitrogens is 1. The van der Waals surface area contributed by atoms with Gasteiger partial charge in [0.1, 0.15) is 5.56 Å². The Balaban J connectivity index is 2.66. The average Bonchev–Trinajstić information content (AvgIpc) is 2.30. The first kappa shape index (κ1) is 12.5. The maximum atomic E-state index is 11.8. The standard InChI is InChI=1S/C12H18N2O2/c1-3-5-8-13-11(15)10-7-6-9-14-12(10)16-4-2/h6-7,9H,3-5,8H2,1-2H3,(H,13,15). The molecule has 1 amide bonds. The van der Waals surface area contributed by atoms with E-state index in [1.54, 1.807) is 18.3 Å². The van der Waals surface area contributed by atoms with Crippen molar-refractivity contribution in [1.82, 2.24) is 10.3 Å². The molecule has 88 valence electrons. The van der Waals surface area contributed by atoms with Crippen molar-refractivity contribution in [2.24, 2.45) is 0 Å². The van der Waals surface area contributed by atoms with Crippen LogP contribution in [0.3, 0.4) is 0 Å². The molecule has 1 N–H and O–H groups in total. The number of unbranched alkanes of at least 4 members (excludes halogenated alkanes) is 1. The molecule has 1 aromatic heterocycles. The lowest BCUT2D eigenvalue weighted by Gasteiger charge is -2.08. The van der Waals surface area contributed by atoms with Crippen LogP contribution in [0.1, 0.15) is 37.0 Å². The molecule has 0 fully saturated rings. The molecule has 0 aliphatic heterocycles. The number of amides is 1. The number of nitrogens with zero attached hydrogens (tertiary/aromatic N) is 1. The van der Waals surface area contributed by atoms with Crippen LogP contribution in [-0.2, 0) is 0 Å². The number of carbonyl (C=O) groups is 1. The molecule has 0 aliphatic rings. The monoisotopic (exact) mass is 222 g/mol. The highest BCUT2D eigenvalue weighted by Crippen LogP contribution is 2.13. The Morgan fingerprint density at radius 1 is 1.50 bits per heavy atom. The molecule has 1 rings (SSSR count). The maximum Gasteiger partial charge on any atom is 0.256 e. The highest BCUT2D eigenvalue weighted by molar-refractivity contribution is 5.96. The van der Waals surface area contributed by atoms with E-state index < -0.39 is 0 Å². The van der Waals surface area contributed by atoms with Crippen LogP contribution in [0.4, 0.5) is 0 Å². The van der Waals surface area contributed by atoms with Gasteiger partial charge in [0.15, 0.2) is 0 Å². The van der Waals surface area contributed by atoms with E-state index in [4.69, 9.17) is 4.74 Å². The first-order valence-electron chi connectivity index (χ1n) is 5.65. The molecule has 0 aliphatic carbocycles. The van der Waals surface area contributed by atoms with E-state index >= 15 is 0 Å². The van der Waals surface area contributed by atoms with Gasteiger partial charge in [-0.1, -0.05) is 13.3 Å². The molecular formula is C12H18N2O2. The summed E-state index contributed by atoms with van der Waals surface area (Å²) in [7, 11) is 0. The minimum Gasteiger partial charge on any atom is -0.477 e. The van der Waals surface area contributed by atoms with Crippen molar-refractivity contribution in [3.8, 4) is 5.88 Å². The van der Waals surface area contributed by atoms with Gasteiger partial charge in [-0.25, -0.2) is 4.98 Å². The summed E-state index contributed by atoms with van der Waals surface area (Å²) in [5, 5.41) is 2.84. The van der Waals surface area contributed by atoms with Gasteiger partial charge in [-0.2, -0.15) is 0 Å². The van der Waals surface area contributed by atoms with Gasteiger partial charge in [-0.15, -0.1) is 0 Å². The Hall–Kier alpha value is -1.58. The minimum absolute atomic E-state index is 0.120. The SMILES string of the molecule is CCCCNC(=O)c1cccnc1OCC. The van der Waals surface area contributed by atoms with E-state index in [1.165, 1.54) is 0 Å². The summed E-state index contributed by atoms with van der Waals surface area (Å²) in [6.07, 6.45) is 3.66. The fraction of sp³-hybridized carbons (Fsp3) is 0.500. The molecule has 0 bridgehead atoms. The summed E-state index contributed by atoms with van der Waals surface area (Å²) in [6.45, 7) is 5.15. The van der Waals surface area contributed by atoms with Crippen LogP contribution in [0, 0.1) is 0 Å². The van der Waals surface area contributed by atoms with Crippen LogP contribution >= 0.6 is 0 Å². The molecule has 4 heteroatoms. The van der Waals surface area contributed by atoms with Crippen molar-refractivity contribution in [3.05, 3.63) is 23.9 Å². The largest absolute Gasteiger partial charge is 0.477 e. The number of carbonyl (C=O) groups excluding carboxylic acids is 1. The van der Waals surface area contributed by atoms with Gasteiger partial charge < -0.3 is 10.1 Å². The molecule has 0 spiro atoms. The Kier molecular flexibility index (Phi) is 5.32. The molecule has 4 nitrogen and oxygen atoms in total. The molecule has 0 saturated carbocycles. The normalized spacial score (nSPS) is 9.88. The van der Waals surface area contributed by atoms with Gasteiger partial charge in [0.05, 0.1) is 6.61 Å². The second-order valence-electron chi connectivity index (χ2n) is 3.40. The van der Waals surface area contributed by atoms with Gasteiger partial charge in [0, 0.05) is 12.7 Å². The van der Waals surface area contributed by atoms with E-state index in [1.807, 2.05) is 6.92 Å². The Morgan fingerprint density at radius 3 is 3.00 bits per heavy atom. The van der Waals surface area contributed by atoms with Gasteiger partial charge in [-0.3, -0.25) is 4.79 Å². The third kappa shape index (κ3) is 3.53. The quantitative estimate of drug-likeness (QED) is 0.749. The van der Waals surface area contributed by atoms with E-state index in [9.17, 15) is 4.79 Å². The number of rotatable bonds is 6. The van der Waals surface area contributed by atoms with Crippen molar-refractivity contribution in [2.45, 2.75) is 26.7 Å². The predicted molar refractivity (Wildman–Crippen MR) is 62.6 cm³/mol. The van der Waals surface area contributed by atoms with Crippen LogP contribution in [0.15, 0.2) is 18.3 Å². The zero-order valence-corrected chi connectivity index (χ0v) is 9.82. The van der Waals surface area contributed by atoms with Gasteiger partial charge in [0.25, 0.3) is 5.91 Å². The van der Waals surface area contributed by atoms with Gasteiger partial charge in [-0.05, 0) is 25.5 Å². The fourth-order valence-electron chi connectivity index (χ4n) is 1.29. The predicted octanol–water partition coefficient (Wildman–Crippen LogP) is 2.01. The molecule has 1 aromatic rings. The highest BCUT2D eigenvalue weighted by Gasteiger charge is 2.11. The van der Waals surface area contributed by atoms with Crippen molar-refractivity contribution in [2.75, 3.05) is 13.2 Å². The molecule has 1 heterocycles. The van der Waals surface area contributed by atoms with Crippen molar-refractivity contribution < 1.29 is 9.53 Å². The molecule has 0 atom stereocenters. The van der Waals surface area contributed by atoms with Crippen molar-refractivity contribution >= 4 is 5.91 Å². The number of nitrogens with one attached hydrogen (secondary N) is 1. The van der Waals surface area contributed by atoms with E-state index in [-0.39, 0.29) is 5.91 Å². The van der Waals surface area contributed by atoms with Crippen LogP contribution in [0.5, 0.6) is 5.88 Å². The Morgan fingerprint density at radius 2 is 2.31 bits per heavy atom. The van der Waals surface area contributed by atoms with Crippen LogP contribution in [0.25, 0.3) is 0 Å². The van der Waals surface area contributed by atoms with Crippen molar-refractivity contribution in [3.63, 3.8) is 0 Å². The zero-order chi connectivity index (χ0) is 11.8. The number of hydrogen-bond donors (Lipinski definition) is 1. The lowest BCUT2D eigenvalue weighted by Crippen LogP contribution is -2.25. The van der Waals surface area contributed by atoms with Crippen LogP contribution in [-0.4, -0.2) is 24.0 Å². The second kappa shape index (κ2) is 6.82. The van der Waals surface area contributed by atoms with E-state index in [0.29, 0.717) is 24.6 Å². The number of pyridine rings is 1. The highest BCUT2D eigenvalue weighted by atomic mass is 16.5. The third-order valence-corrected chi connectivity index (χ3v) is 2.11. The van der Waals surface area contributed by atoms with Crippen LogP contribution < -0.4 is 10.1 Å². The Labute approximate surface area is 96.0 Å². The van der Waals surface area contributed by atoms with E-state index in [2.05, 4.69) is 17.2 Å². The second-order valence-corrected chi connectivity index (χ2v) is 3.40.